The Kier molecular flexibility index (Phi) is 3.73. The number of phenols is 2. The number of nitrogens with one attached hydrogen (secondary N) is 1. The summed E-state index contributed by atoms with van der Waals surface area (Å²) < 4.78 is 11.2. The van der Waals surface area contributed by atoms with Crippen LogP contribution in [0.2, 0.25) is 0 Å². The number of rotatable bonds is 3. The number of anilines is 1. The Hall–Kier alpha value is -2.56. The fourth-order valence-electron chi connectivity index (χ4n) is 2.16. The van der Waals surface area contributed by atoms with Crippen molar-refractivity contribution in [2.75, 3.05) is 18.5 Å². The molecule has 2 aromatic rings. The lowest BCUT2D eigenvalue weighted by Gasteiger charge is -2.11. The average Bonchev–Trinajstić information content (AvgIpc) is 2.73. The van der Waals surface area contributed by atoms with Crippen LogP contribution in [-0.2, 0) is 6.54 Å². The van der Waals surface area contributed by atoms with E-state index in [2.05, 4.69) is 5.32 Å². The second kappa shape index (κ2) is 5.83. The van der Waals surface area contributed by atoms with Gasteiger partial charge in [-0.3, -0.25) is 0 Å². The molecule has 0 aliphatic carbocycles. The Labute approximate surface area is 122 Å². The molecule has 0 fully saturated rings. The van der Waals surface area contributed by atoms with Crippen molar-refractivity contribution in [1.29, 1.82) is 0 Å². The van der Waals surface area contributed by atoms with Crippen molar-refractivity contribution >= 4 is 5.69 Å². The van der Waals surface area contributed by atoms with Crippen LogP contribution in [0.4, 0.5) is 5.69 Å². The topological polar surface area (TPSA) is 71.0 Å². The zero-order chi connectivity index (χ0) is 14.7. The molecule has 3 N–H and O–H groups in total. The molecule has 0 unspecified atom stereocenters. The van der Waals surface area contributed by atoms with Crippen molar-refractivity contribution in [3.05, 3.63) is 42.0 Å². The van der Waals surface area contributed by atoms with Gasteiger partial charge >= 0.3 is 0 Å². The molecule has 1 heterocycles. The number of hydrogen-bond donors (Lipinski definition) is 3. The van der Waals surface area contributed by atoms with Gasteiger partial charge in [-0.05, 0) is 29.8 Å². The first-order valence-corrected chi connectivity index (χ1v) is 6.87. The number of hydrogen-bond acceptors (Lipinski definition) is 5. The van der Waals surface area contributed by atoms with Gasteiger partial charge in [0.25, 0.3) is 0 Å². The van der Waals surface area contributed by atoms with E-state index in [4.69, 9.17) is 9.47 Å². The molecule has 1 aliphatic heterocycles. The third-order valence-corrected chi connectivity index (χ3v) is 3.28. The van der Waals surface area contributed by atoms with Crippen molar-refractivity contribution in [2.45, 2.75) is 13.0 Å². The van der Waals surface area contributed by atoms with E-state index in [9.17, 15) is 10.2 Å². The van der Waals surface area contributed by atoms with E-state index < -0.39 is 0 Å². The van der Waals surface area contributed by atoms with Gasteiger partial charge in [-0.1, -0.05) is 6.07 Å². The molecule has 0 atom stereocenters. The minimum absolute atomic E-state index is 0.116. The van der Waals surface area contributed by atoms with Crippen LogP contribution in [0.15, 0.2) is 36.4 Å². The van der Waals surface area contributed by atoms with Crippen molar-refractivity contribution in [2.24, 2.45) is 0 Å². The summed E-state index contributed by atoms with van der Waals surface area (Å²) in [4.78, 5) is 0. The Morgan fingerprint density at radius 3 is 2.52 bits per heavy atom. The fourth-order valence-corrected chi connectivity index (χ4v) is 2.16. The van der Waals surface area contributed by atoms with Gasteiger partial charge in [0.15, 0.2) is 23.0 Å². The van der Waals surface area contributed by atoms with E-state index in [-0.39, 0.29) is 11.5 Å². The lowest BCUT2D eigenvalue weighted by atomic mass is 10.2. The van der Waals surface area contributed by atoms with Gasteiger partial charge in [-0.15, -0.1) is 0 Å². The highest BCUT2D eigenvalue weighted by molar-refractivity contribution is 5.55. The van der Waals surface area contributed by atoms with Gasteiger partial charge < -0.3 is 25.0 Å². The Bertz CT molecular complexity index is 642. The second-order valence-electron chi connectivity index (χ2n) is 4.89. The largest absolute Gasteiger partial charge is 0.504 e. The summed E-state index contributed by atoms with van der Waals surface area (Å²) in [6.07, 6.45) is 0.879. The first kappa shape index (κ1) is 13.4. The minimum Gasteiger partial charge on any atom is -0.504 e. The molecular weight excluding hydrogens is 270 g/mol. The SMILES string of the molecule is Oc1ccc(CNc2ccc3c(c2)OCCCO3)cc1O. The molecule has 5 heteroatoms. The number of aromatic hydroxyl groups is 2. The summed E-state index contributed by atoms with van der Waals surface area (Å²) in [5.74, 6) is 1.27. The third-order valence-electron chi connectivity index (χ3n) is 3.28. The monoisotopic (exact) mass is 287 g/mol. The summed E-state index contributed by atoms with van der Waals surface area (Å²) in [6, 6.07) is 10.5. The van der Waals surface area contributed by atoms with E-state index in [0.717, 1.165) is 29.2 Å². The van der Waals surface area contributed by atoms with Gasteiger partial charge in [0.1, 0.15) is 0 Å². The summed E-state index contributed by atoms with van der Waals surface area (Å²) in [6.45, 7) is 1.86. The van der Waals surface area contributed by atoms with E-state index in [0.29, 0.717) is 19.8 Å². The highest BCUT2D eigenvalue weighted by Gasteiger charge is 2.10. The molecular formula is C16H17NO4. The van der Waals surface area contributed by atoms with E-state index in [1.54, 1.807) is 6.07 Å². The maximum atomic E-state index is 9.47. The van der Waals surface area contributed by atoms with Gasteiger partial charge in [0, 0.05) is 24.7 Å². The smallest absolute Gasteiger partial charge is 0.163 e. The lowest BCUT2D eigenvalue weighted by molar-refractivity contribution is 0.297. The lowest BCUT2D eigenvalue weighted by Crippen LogP contribution is -2.00. The molecule has 0 saturated carbocycles. The minimum atomic E-state index is -0.118. The molecule has 0 saturated heterocycles. The number of fused-ring (bicyclic) bond motifs is 1. The number of ether oxygens (including phenoxy) is 2. The van der Waals surface area contributed by atoms with E-state index >= 15 is 0 Å². The number of benzene rings is 2. The van der Waals surface area contributed by atoms with Crippen LogP contribution in [0.1, 0.15) is 12.0 Å². The van der Waals surface area contributed by atoms with Crippen LogP contribution >= 0.6 is 0 Å². The third kappa shape index (κ3) is 3.13. The van der Waals surface area contributed by atoms with Crippen LogP contribution in [-0.4, -0.2) is 23.4 Å². The standard InChI is InChI=1S/C16H17NO4/c18-13-4-2-11(8-14(13)19)10-17-12-3-5-15-16(9-12)21-7-1-6-20-15/h2-5,8-9,17-19H,1,6-7,10H2. The highest BCUT2D eigenvalue weighted by Crippen LogP contribution is 2.32. The van der Waals surface area contributed by atoms with Gasteiger partial charge in [-0.25, -0.2) is 0 Å². The van der Waals surface area contributed by atoms with Crippen molar-refractivity contribution in [1.82, 2.24) is 0 Å². The van der Waals surface area contributed by atoms with Crippen molar-refractivity contribution in [3.63, 3.8) is 0 Å². The predicted molar refractivity (Wildman–Crippen MR) is 79.1 cm³/mol. The van der Waals surface area contributed by atoms with Crippen LogP contribution in [0.5, 0.6) is 23.0 Å². The predicted octanol–water partition coefficient (Wildman–Crippen LogP) is 2.87. The van der Waals surface area contributed by atoms with Crippen LogP contribution < -0.4 is 14.8 Å². The molecule has 1 aliphatic rings. The Morgan fingerprint density at radius 2 is 1.71 bits per heavy atom. The summed E-state index contributed by atoms with van der Waals surface area (Å²) >= 11 is 0. The molecule has 110 valence electrons. The molecule has 2 aromatic carbocycles. The maximum absolute atomic E-state index is 9.47. The van der Waals surface area contributed by atoms with Crippen molar-refractivity contribution < 1.29 is 19.7 Å². The zero-order valence-corrected chi connectivity index (χ0v) is 11.5. The van der Waals surface area contributed by atoms with Gasteiger partial charge in [0.2, 0.25) is 0 Å². The Morgan fingerprint density at radius 1 is 0.905 bits per heavy atom. The quantitative estimate of drug-likeness (QED) is 0.757. The molecule has 0 amide bonds. The maximum Gasteiger partial charge on any atom is 0.163 e. The second-order valence-corrected chi connectivity index (χ2v) is 4.89. The molecule has 3 rings (SSSR count). The van der Waals surface area contributed by atoms with Gasteiger partial charge in [0.05, 0.1) is 13.2 Å². The molecule has 21 heavy (non-hydrogen) atoms. The fraction of sp³-hybridized carbons (Fsp3) is 0.250. The van der Waals surface area contributed by atoms with Crippen LogP contribution in [0, 0.1) is 0 Å². The highest BCUT2D eigenvalue weighted by atomic mass is 16.5. The first-order valence-electron chi connectivity index (χ1n) is 6.87. The van der Waals surface area contributed by atoms with Crippen LogP contribution in [0.25, 0.3) is 0 Å². The van der Waals surface area contributed by atoms with Gasteiger partial charge in [-0.2, -0.15) is 0 Å². The zero-order valence-electron chi connectivity index (χ0n) is 11.5. The summed E-state index contributed by atoms with van der Waals surface area (Å²) in [5, 5.41) is 22.0. The molecule has 0 radical (unpaired) electrons. The first-order chi connectivity index (χ1) is 10.2. The molecule has 0 aromatic heterocycles. The summed E-state index contributed by atoms with van der Waals surface area (Å²) in [5.41, 5.74) is 1.78. The summed E-state index contributed by atoms with van der Waals surface area (Å²) in [7, 11) is 0. The Balaban J connectivity index is 1.70. The molecule has 0 spiro atoms. The van der Waals surface area contributed by atoms with Crippen molar-refractivity contribution in [3.8, 4) is 23.0 Å². The van der Waals surface area contributed by atoms with E-state index in [1.165, 1.54) is 12.1 Å². The normalized spacial score (nSPS) is 13.5. The molecule has 0 bridgehead atoms. The average molecular weight is 287 g/mol. The van der Waals surface area contributed by atoms with E-state index in [1.807, 2.05) is 18.2 Å². The number of phenolic OH excluding ortho intramolecular Hbond substituents is 2. The van der Waals surface area contributed by atoms with Crippen LogP contribution in [0.3, 0.4) is 0 Å². The molecule has 5 nitrogen and oxygen atoms in total.